The number of carboxylic acids is 1. The number of benzene rings is 1. The van der Waals surface area contributed by atoms with Crippen molar-refractivity contribution in [2.45, 2.75) is 19.4 Å². The van der Waals surface area contributed by atoms with Gasteiger partial charge in [0.25, 0.3) is 0 Å². The van der Waals surface area contributed by atoms with Crippen LogP contribution in [-0.4, -0.2) is 17.1 Å². The molecule has 1 rings (SSSR count). The maximum Gasteiger partial charge on any atom is 0.305 e. The average Bonchev–Trinajstić information content (AvgIpc) is 2.10. The van der Waals surface area contributed by atoms with Crippen LogP contribution >= 0.6 is 11.6 Å². The molecule has 15 heavy (non-hydrogen) atoms. The smallest absolute Gasteiger partial charge is 0.305 e. The van der Waals surface area contributed by atoms with Gasteiger partial charge in [-0.15, -0.1) is 0 Å². The lowest BCUT2D eigenvalue weighted by atomic mass is 10.2. The number of anilines is 1. The lowest BCUT2D eigenvalue weighted by molar-refractivity contribution is -0.137. The molecule has 0 saturated carbocycles. The molecular formula is C10H11ClFNO2. The van der Waals surface area contributed by atoms with E-state index in [9.17, 15) is 9.18 Å². The third kappa shape index (κ3) is 3.75. The van der Waals surface area contributed by atoms with Crippen LogP contribution in [0.3, 0.4) is 0 Å². The van der Waals surface area contributed by atoms with E-state index in [1.807, 2.05) is 0 Å². The van der Waals surface area contributed by atoms with Crippen molar-refractivity contribution < 1.29 is 14.3 Å². The summed E-state index contributed by atoms with van der Waals surface area (Å²) in [7, 11) is 0. The summed E-state index contributed by atoms with van der Waals surface area (Å²) in [6.07, 6.45) is -0.00496. The van der Waals surface area contributed by atoms with Crippen LogP contribution in [0.5, 0.6) is 0 Å². The summed E-state index contributed by atoms with van der Waals surface area (Å²) >= 11 is 5.57. The lowest BCUT2D eigenvalue weighted by Gasteiger charge is -2.13. The molecule has 2 N–H and O–H groups in total. The molecule has 0 saturated heterocycles. The van der Waals surface area contributed by atoms with E-state index >= 15 is 0 Å². The molecule has 5 heteroatoms. The Balaban J connectivity index is 2.64. The average molecular weight is 232 g/mol. The van der Waals surface area contributed by atoms with Gasteiger partial charge in [-0.2, -0.15) is 0 Å². The van der Waals surface area contributed by atoms with Gasteiger partial charge in [-0.3, -0.25) is 4.79 Å². The molecule has 0 aliphatic rings. The number of rotatable bonds is 4. The van der Waals surface area contributed by atoms with Gasteiger partial charge in [-0.05, 0) is 25.1 Å². The van der Waals surface area contributed by atoms with E-state index in [1.54, 1.807) is 6.92 Å². The van der Waals surface area contributed by atoms with Gasteiger partial charge in [-0.1, -0.05) is 11.6 Å². The Hall–Kier alpha value is -1.29. The molecule has 3 nitrogen and oxygen atoms in total. The van der Waals surface area contributed by atoms with Gasteiger partial charge in [0, 0.05) is 11.7 Å². The number of halogens is 2. The van der Waals surface area contributed by atoms with E-state index < -0.39 is 11.8 Å². The molecule has 0 amide bonds. The molecule has 0 aliphatic carbocycles. The Labute approximate surface area is 91.9 Å². The Bertz CT molecular complexity index is 370. The van der Waals surface area contributed by atoms with Crippen molar-refractivity contribution >= 4 is 23.3 Å². The number of hydrogen-bond donors (Lipinski definition) is 2. The maximum absolute atomic E-state index is 12.8. The highest BCUT2D eigenvalue weighted by Gasteiger charge is 2.08. The topological polar surface area (TPSA) is 49.3 Å². The zero-order valence-electron chi connectivity index (χ0n) is 8.13. The van der Waals surface area contributed by atoms with Gasteiger partial charge in [0.15, 0.2) is 0 Å². The summed E-state index contributed by atoms with van der Waals surface area (Å²) in [4.78, 5) is 10.4. The molecule has 0 heterocycles. The highest BCUT2D eigenvalue weighted by atomic mass is 35.5. The van der Waals surface area contributed by atoms with Crippen molar-refractivity contribution in [3.05, 3.63) is 29.0 Å². The van der Waals surface area contributed by atoms with Gasteiger partial charge >= 0.3 is 5.97 Å². The van der Waals surface area contributed by atoms with Crippen LogP contribution in [0, 0.1) is 5.82 Å². The normalized spacial score (nSPS) is 12.2. The van der Waals surface area contributed by atoms with E-state index in [1.165, 1.54) is 18.2 Å². The minimum Gasteiger partial charge on any atom is -0.481 e. The zero-order chi connectivity index (χ0) is 11.4. The second kappa shape index (κ2) is 4.98. The Morgan fingerprint density at radius 3 is 2.87 bits per heavy atom. The quantitative estimate of drug-likeness (QED) is 0.838. The van der Waals surface area contributed by atoms with Crippen LogP contribution in [0.4, 0.5) is 10.1 Å². The van der Waals surface area contributed by atoms with Gasteiger partial charge in [0.1, 0.15) is 5.82 Å². The molecule has 0 aliphatic heterocycles. The van der Waals surface area contributed by atoms with Crippen LogP contribution in [0.15, 0.2) is 18.2 Å². The Kier molecular flexibility index (Phi) is 3.91. The molecule has 0 spiro atoms. The fourth-order valence-electron chi connectivity index (χ4n) is 1.18. The third-order valence-corrected chi connectivity index (χ3v) is 2.10. The monoisotopic (exact) mass is 231 g/mol. The molecule has 1 unspecified atom stereocenters. The Morgan fingerprint density at radius 1 is 1.67 bits per heavy atom. The fourth-order valence-corrected chi connectivity index (χ4v) is 1.36. The predicted octanol–water partition coefficient (Wildman–Crippen LogP) is 2.75. The van der Waals surface area contributed by atoms with Crippen molar-refractivity contribution in [2.24, 2.45) is 0 Å². The number of carbonyl (C=O) groups is 1. The third-order valence-electron chi connectivity index (χ3n) is 1.81. The summed E-state index contributed by atoms with van der Waals surface area (Å²) in [5, 5.41) is 11.5. The maximum atomic E-state index is 12.8. The standard InChI is InChI=1S/C10H11ClFNO2/c1-6(4-10(14)15)13-7-2-3-9(12)8(11)5-7/h2-3,5-6,13H,4H2,1H3,(H,14,15). The molecule has 1 aromatic carbocycles. The summed E-state index contributed by atoms with van der Waals surface area (Å²) in [6.45, 7) is 1.73. The molecule has 0 radical (unpaired) electrons. The molecule has 1 aromatic rings. The van der Waals surface area contributed by atoms with Crippen LogP contribution in [0.2, 0.25) is 5.02 Å². The molecule has 0 fully saturated rings. The van der Waals surface area contributed by atoms with Gasteiger partial charge in [-0.25, -0.2) is 4.39 Å². The lowest BCUT2D eigenvalue weighted by Crippen LogP contribution is -2.19. The van der Waals surface area contributed by atoms with Crippen molar-refractivity contribution in [2.75, 3.05) is 5.32 Å². The van der Waals surface area contributed by atoms with Crippen LogP contribution in [0.25, 0.3) is 0 Å². The predicted molar refractivity (Wildman–Crippen MR) is 56.7 cm³/mol. The minimum absolute atomic E-state index is 0.00496. The van der Waals surface area contributed by atoms with E-state index in [0.717, 1.165) is 0 Å². The van der Waals surface area contributed by atoms with Crippen molar-refractivity contribution in [3.8, 4) is 0 Å². The van der Waals surface area contributed by atoms with Crippen LogP contribution in [0.1, 0.15) is 13.3 Å². The Morgan fingerprint density at radius 2 is 2.33 bits per heavy atom. The van der Waals surface area contributed by atoms with E-state index in [-0.39, 0.29) is 17.5 Å². The second-order valence-electron chi connectivity index (χ2n) is 3.27. The summed E-state index contributed by atoms with van der Waals surface area (Å²) in [5.41, 5.74) is 0.607. The minimum atomic E-state index is -0.886. The number of carboxylic acid groups (broad SMARTS) is 1. The van der Waals surface area contributed by atoms with Gasteiger partial charge < -0.3 is 10.4 Å². The molecule has 82 valence electrons. The van der Waals surface area contributed by atoms with E-state index in [4.69, 9.17) is 16.7 Å². The van der Waals surface area contributed by atoms with Crippen molar-refractivity contribution in [1.82, 2.24) is 0 Å². The molecule has 1 atom stereocenters. The first-order valence-electron chi connectivity index (χ1n) is 4.42. The first-order chi connectivity index (χ1) is 6.99. The highest BCUT2D eigenvalue weighted by Crippen LogP contribution is 2.20. The summed E-state index contributed by atoms with van der Waals surface area (Å²) in [5.74, 6) is -1.38. The van der Waals surface area contributed by atoms with Crippen LogP contribution in [-0.2, 0) is 4.79 Å². The second-order valence-corrected chi connectivity index (χ2v) is 3.68. The van der Waals surface area contributed by atoms with Crippen molar-refractivity contribution in [3.63, 3.8) is 0 Å². The molecular weight excluding hydrogens is 221 g/mol. The summed E-state index contributed by atoms with van der Waals surface area (Å²) in [6, 6.07) is 3.94. The first kappa shape index (κ1) is 11.8. The van der Waals surface area contributed by atoms with Gasteiger partial charge in [0.2, 0.25) is 0 Å². The SMILES string of the molecule is CC(CC(=O)O)Nc1ccc(F)c(Cl)c1. The number of hydrogen-bond acceptors (Lipinski definition) is 2. The van der Waals surface area contributed by atoms with Crippen molar-refractivity contribution in [1.29, 1.82) is 0 Å². The largest absolute Gasteiger partial charge is 0.481 e. The van der Waals surface area contributed by atoms with Gasteiger partial charge in [0.05, 0.1) is 11.4 Å². The fraction of sp³-hybridized carbons (Fsp3) is 0.300. The molecule has 0 bridgehead atoms. The van der Waals surface area contributed by atoms with Crippen LogP contribution < -0.4 is 5.32 Å². The molecule has 0 aromatic heterocycles. The number of nitrogens with one attached hydrogen (secondary N) is 1. The van der Waals surface area contributed by atoms with E-state index in [2.05, 4.69) is 5.32 Å². The van der Waals surface area contributed by atoms with E-state index in [0.29, 0.717) is 5.69 Å². The summed E-state index contributed by atoms with van der Waals surface area (Å²) < 4.78 is 12.8. The number of aliphatic carboxylic acids is 1. The first-order valence-corrected chi connectivity index (χ1v) is 4.80. The highest BCUT2D eigenvalue weighted by molar-refractivity contribution is 6.31. The zero-order valence-corrected chi connectivity index (χ0v) is 8.88.